The third-order valence-corrected chi connectivity index (χ3v) is 5.70. The van der Waals surface area contributed by atoms with E-state index in [9.17, 15) is 13.2 Å². The van der Waals surface area contributed by atoms with Crippen molar-refractivity contribution in [3.05, 3.63) is 70.6 Å². The molecule has 118 valence electrons. The zero-order valence-electron chi connectivity index (χ0n) is 12.5. The summed E-state index contributed by atoms with van der Waals surface area (Å²) in [7, 11) is -3.88. The van der Waals surface area contributed by atoms with Crippen molar-refractivity contribution in [2.45, 2.75) is 17.9 Å². The van der Waals surface area contributed by atoms with Crippen molar-refractivity contribution in [3.63, 3.8) is 0 Å². The number of fused-ring (bicyclic) bond motifs is 1. The van der Waals surface area contributed by atoms with Crippen LogP contribution in [0.15, 0.2) is 64.4 Å². The van der Waals surface area contributed by atoms with Crippen LogP contribution in [0.5, 0.6) is 0 Å². The first kappa shape index (κ1) is 15.3. The molecule has 23 heavy (non-hydrogen) atoms. The van der Waals surface area contributed by atoms with Crippen molar-refractivity contribution in [1.82, 2.24) is 5.32 Å². The van der Waals surface area contributed by atoms with Crippen LogP contribution in [-0.4, -0.2) is 14.3 Å². The van der Waals surface area contributed by atoms with E-state index in [4.69, 9.17) is 5.73 Å². The molecule has 0 saturated carbocycles. The monoisotopic (exact) mass is 328 g/mol. The number of primary amides is 1. The van der Waals surface area contributed by atoms with Crippen molar-refractivity contribution in [1.29, 1.82) is 0 Å². The molecule has 0 radical (unpaired) electrons. The summed E-state index contributed by atoms with van der Waals surface area (Å²) in [6.07, 6.45) is 0. The predicted molar refractivity (Wildman–Crippen MR) is 87.7 cm³/mol. The standard InChI is InChI=1S/C17H16N2O3S/c1-11(12-7-3-2-4-8-12)19-15-13-9-5-6-10-14(13)23(21,22)16(15)17(18)20/h2-11,19H,1H3,(H2,18,20)/t11-/m0/s1. The van der Waals surface area contributed by atoms with Gasteiger partial charge >= 0.3 is 0 Å². The molecule has 5 nitrogen and oxygen atoms in total. The number of rotatable bonds is 4. The van der Waals surface area contributed by atoms with E-state index in [1.165, 1.54) is 6.07 Å². The first-order chi connectivity index (χ1) is 10.9. The maximum absolute atomic E-state index is 12.6. The molecular weight excluding hydrogens is 312 g/mol. The molecular formula is C17H16N2O3S. The van der Waals surface area contributed by atoms with Crippen LogP contribution in [0.3, 0.4) is 0 Å². The lowest BCUT2D eigenvalue weighted by Crippen LogP contribution is -2.24. The number of amides is 1. The van der Waals surface area contributed by atoms with Gasteiger partial charge in [0, 0.05) is 11.6 Å². The fraction of sp³-hybridized carbons (Fsp3) is 0.118. The molecule has 3 N–H and O–H groups in total. The Labute approximate surface area is 134 Å². The Kier molecular flexibility index (Phi) is 3.69. The number of benzene rings is 2. The van der Waals surface area contributed by atoms with Crippen LogP contribution in [0.4, 0.5) is 0 Å². The highest BCUT2D eigenvalue weighted by Crippen LogP contribution is 2.38. The first-order valence-corrected chi connectivity index (χ1v) is 8.61. The third-order valence-electron chi connectivity index (χ3n) is 3.83. The quantitative estimate of drug-likeness (QED) is 0.898. The van der Waals surface area contributed by atoms with Crippen LogP contribution in [0.2, 0.25) is 0 Å². The van der Waals surface area contributed by atoms with Crippen LogP contribution in [0, 0.1) is 0 Å². The van der Waals surface area contributed by atoms with Gasteiger partial charge in [-0.1, -0.05) is 48.5 Å². The second kappa shape index (κ2) is 5.55. The van der Waals surface area contributed by atoms with Crippen LogP contribution in [0.25, 0.3) is 5.70 Å². The third kappa shape index (κ3) is 2.51. The Morgan fingerprint density at radius 3 is 2.30 bits per heavy atom. The van der Waals surface area contributed by atoms with E-state index < -0.39 is 15.7 Å². The van der Waals surface area contributed by atoms with Gasteiger partial charge in [0.2, 0.25) is 9.84 Å². The molecule has 1 aliphatic heterocycles. The van der Waals surface area contributed by atoms with Crippen molar-refractivity contribution in [3.8, 4) is 0 Å². The molecule has 1 aliphatic rings. The number of carbonyl (C=O) groups excluding carboxylic acids is 1. The topological polar surface area (TPSA) is 89.3 Å². The Hall–Kier alpha value is -2.60. The Balaban J connectivity index is 2.11. The molecule has 0 bridgehead atoms. The van der Waals surface area contributed by atoms with Gasteiger partial charge in [-0.05, 0) is 18.6 Å². The van der Waals surface area contributed by atoms with Crippen LogP contribution >= 0.6 is 0 Å². The summed E-state index contributed by atoms with van der Waals surface area (Å²) < 4.78 is 25.1. The minimum atomic E-state index is -3.88. The number of hydrogen-bond acceptors (Lipinski definition) is 4. The fourth-order valence-electron chi connectivity index (χ4n) is 2.71. The highest BCUT2D eigenvalue weighted by molar-refractivity contribution is 7.97. The van der Waals surface area contributed by atoms with Gasteiger partial charge in [-0.15, -0.1) is 0 Å². The van der Waals surface area contributed by atoms with Crippen molar-refractivity contribution >= 4 is 21.4 Å². The van der Waals surface area contributed by atoms with E-state index >= 15 is 0 Å². The highest BCUT2D eigenvalue weighted by atomic mass is 32.2. The summed E-state index contributed by atoms with van der Waals surface area (Å²) in [5, 5.41) is 3.14. The second-order valence-corrected chi connectivity index (χ2v) is 7.20. The molecule has 0 spiro atoms. The van der Waals surface area contributed by atoms with Gasteiger partial charge in [0.25, 0.3) is 5.91 Å². The van der Waals surface area contributed by atoms with E-state index in [-0.39, 0.29) is 21.5 Å². The normalized spacial score (nSPS) is 16.7. The molecule has 3 rings (SSSR count). The van der Waals surface area contributed by atoms with Crippen molar-refractivity contribution in [2.75, 3.05) is 0 Å². The fourth-order valence-corrected chi connectivity index (χ4v) is 4.35. The van der Waals surface area contributed by atoms with Gasteiger partial charge < -0.3 is 11.1 Å². The van der Waals surface area contributed by atoms with E-state index in [0.717, 1.165) is 5.56 Å². The first-order valence-electron chi connectivity index (χ1n) is 7.13. The minimum absolute atomic E-state index is 0.108. The van der Waals surface area contributed by atoms with Gasteiger partial charge in [0.1, 0.15) is 0 Å². The van der Waals surface area contributed by atoms with E-state index in [1.807, 2.05) is 37.3 Å². The molecule has 2 aromatic rings. The van der Waals surface area contributed by atoms with Crippen molar-refractivity contribution < 1.29 is 13.2 Å². The van der Waals surface area contributed by atoms with Crippen LogP contribution < -0.4 is 11.1 Å². The second-order valence-electron chi connectivity index (χ2n) is 5.34. The minimum Gasteiger partial charge on any atom is -0.377 e. The van der Waals surface area contributed by atoms with E-state index in [2.05, 4.69) is 5.32 Å². The smallest absolute Gasteiger partial charge is 0.262 e. The molecule has 0 fully saturated rings. The lowest BCUT2D eigenvalue weighted by Gasteiger charge is -2.17. The van der Waals surface area contributed by atoms with E-state index in [0.29, 0.717) is 5.56 Å². The predicted octanol–water partition coefficient (Wildman–Crippen LogP) is 1.98. The SMILES string of the molecule is C[C@H](NC1=C(C(N)=O)S(=O)(=O)c2ccccc21)c1ccccc1. The molecule has 6 heteroatoms. The number of sulfone groups is 1. The average Bonchev–Trinajstić information content (AvgIpc) is 2.76. The van der Waals surface area contributed by atoms with E-state index in [1.54, 1.807) is 18.2 Å². The van der Waals surface area contributed by atoms with Gasteiger partial charge in [0.15, 0.2) is 4.91 Å². The summed E-state index contributed by atoms with van der Waals surface area (Å²) >= 11 is 0. The summed E-state index contributed by atoms with van der Waals surface area (Å²) in [5.74, 6) is -0.955. The summed E-state index contributed by atoms with van der Waals surface area (Å²) in [6, 6.07) is 15.9. The Morgan fingerprint density at radius 1 is 1.04 bits per heavy atom. The lowest BCUT2D eigenvalue weighted by molar-refractivity contribution is -0.113. The Morgan fingerprint density at radius 2 is 1.65 bits per heavy atom. The highest BCUT2D eigenvalue weighted by Gasteiger charge is 2.39. The number of hydrogen-bond donors (Lipinski definition) is 2. The zero-order chi connectivity index (χ0) is 16.6. The molecule has 0 unspecified atom stereocenters. The average molecular weight is 328 g/mol. The maximum atomic E-state index is 12.6. The van der Waals surface area contributed by atoms with Crippen LogP contribution in [-0.2, 0) is 14.6 Å². The maximum Gasteiger partial charge on any atom is 0.262 e. The molecule has 0 aliphatic carbocycles. The number of nitrogens with two attached hydrogens (primary N) is 1. The molecule has 0 saturated heterocycles. The molecule has 1 amide bonds. The van der Waals surface area contributed by atoms with Gasteiger partial charge in [-0.2, -0.15) is 0 Å². The van der Waals surface area contributed by atoms with Crippen molar-refractivity contribution in [2.24, 2.45) is 5.73 Å². The summed E-state index contributed by atoms with van der Waals surface area (Å²) in [4.78, 5) is 11.5. The zero-order valence-corrected chi connectivity index (χ0v) is 13.3. The Bertz CT molecular complexity index is 902. The number of nitrogens with one attached hydrogen (secondary N) is 1. The van der Waals surface area contributed by atoms with Gasteiger partial charge in [-0.3, -0.25) is 4.79 Å². The largest absolute Gasteiger partial charge is 0.377 e. The summed E-state index contributed by atoms with van der Waals surface area (Å²) in [5.41, 5.74) is 7.06. The molecule has 1 heterocycles. The molecule has 0 aromatic heterocycles. The molecule has 2 aromatic carbocycles. The number of carbonyl (C=O) groups is 1. The summed E-state index contributed by atoms with van der Waals surface area (Å²) in [6.45, 7) is 1.90. The lowest BCUT2D eigenvalue weighted by atomic mass is 10.1. The molecule has 1 atom stereocenters. The van der Waals surface area contributed by atoms with Crippen LogP contribution in [0.1, 0.15) is 24.1 Å². The van der Waals surface area contributed by atoms with Gasteiger partial charge in [0.05, 0.1) is 10.6 Å². The van der Waals surface area contributed by atoms with Gasteiger partial charge in [-0.25, -0.2) is 8.42 Å².